The van der Waals surface area contributed by atoms with Crippen LogP contribution in [-0.2, 0) is 10.0 Å². The van der Waals surface area contributed by atoms with Gasteiger partial charge in [-0.25, -0.2) is 13.2 Å². The smallest absolute Gasteiger partial charge is 0.337 e. The van der Waals surface area contributed by atoms with Gasteiger partial charge in [0.05, 0.1) is 10.5 Å². The zero-order chi connectivity index (χ0) is 15.0. The fourth-order valence-corrected chi connectivity index (χ4v) is 4.23. The van der Waals surface area contributed by atoms with Crippen LogP contribution < -0.4 is 0 Å². The van der Waals surface area contributed by atoms with Gasteiger partial charge in [-0.2, -0.15) is 4.31 Å². The van der Waals surface area contributed by atoms with Crippen molar-refractivity contribution in [2.75, 3.05) is 13.1 Å². The van der Waals surface area contributed by atoms with Gasteiger partial charge in [-0.3, -0.25) is 0 Å². The second-order valence-electron chi connectivity index (χ2n) is 6.01. The van der Waals surface area contributed by atoms with Crippen LogP contribution in [-0.4, -0.2) is 36.9 Å². The van der Waals surface area contributed by atoms with Gasteiger partial charge in [-0.15, -0.1) is 0 Å². The highest BCUT2D eigenvalue weighted by Crippen LogP contribution is 2.36. The Balaban J connectivity index is 1.93. The summed E-state index contributed by atoms with van der Waals surface area (Å²) in [6.45, 7) is 1.04. The average Bonchev–Trinajstić information content (AvgIpc) is 3.33. The van der Waals surface area contributed by atoms with Crippen LogP contribution in [0.15, 0.2) is 29.2 Å². The topological polar surface area (TPSA) is 74.7 Å². The lowest BCUT2D eigenvalue weighted by molar-refractivity contribution is 0.0692. The molecule has 0 unspecified atom stereocenters. The summed E-state index contributed by atoms with van der Waals surface area (Å²) in [7, 11) is -3.73. The highest BCUT2D eigenvalue weighted by molar-refractivity contribution is 7.89. The van der Waals surface area contributed by atoms with Gasteiger partial charge in [-0.1, -0.05) is 12.1 Å². The molecule has 1 N–H and O–H groups in total. The Morgan fingerprint density at radius 1 is 1.10 bits per heavy atom. The number of aromatic carboxylic acids is 1. The molecule has 0 aromatic heterocycles. The first-order valence-electron chi connectivity index (χ1n) is 7.31. The Bertz CT molecular complexity index is 633. The molecule has 2 aliphatic carbocycles. The highest BCUT2D eigenvalue weighted by Gasteiger charge is 2.37. The molecule has 6 heteroatoms. The molecule has 2 aliphatic rings. The van der Waals surface area contributed by atoms with Crippen LogP contribution in [0.25, 0.3) is 0 Å². The van der Waals surface area contributed by atoms with Crippen LogP contribution >= 0.6 is 0 Å². The number of benzene rings is 1. The van der Waals surface area contributed by atoms with Crippen molar-refractivity contribution in [1.82, 2.24) is 4.31 Å². The number of carboxylic acids is 1. The van der Waals surface area contributed by atoms with Crippen molar-refractivity contribution in [3.63, 3.8) is 0 Å². The maximum Gasteiger partial charge on any atom is 0.337 e. The van der Waals surface area contributed by atoms with Gasteiger partial charge >= 0.3 is 5.97 Å². The van der Waals surface area contributed by atoms with Crippen LogP contribution in [0, 0.1) is 11.8 Å². The van der Waals surface area contributed by atoms with Gasteiger partial charge in [0.15, 0.2) is 0 Å². The fraction of sp³-hybridized carbons (Fsp3) is 0.533. The van der Waals surface area contributed by atoms with E-state index in [1.807, 2.05) is 0 Å². The summed E-state index contributed by atoms with van der Waals surface area (Å²) in [5.74, 6) is -0.321. The third kappa shape index (κ3) is 3.27. The molecule has 0 atom stereocenters. The van der Waals surface area contributed by atoms with Gasteiger partial charge in [0.2, 0.25) is 10.0 Å². The first kappa shape index (κ1) is 14.5. The van der Waals surface area contributed by atoms with E-state index >= 15 is 0 Å². The molecule has 0 radical (unpaired) electrons. The summed E-state index contributed by atoms with van der Waals surface area (Å²) in [5, 5.41) is 9.22. The van der Waals surface area contributed by atoms with Crippen molar-refractivity contribution < 1.29 is 18.3 Å². The van der Waals surface area contributed by atoms with Crippen LogP contribution in [0.5, 0.6) is 0 Å². The van der Waals surface area contributed by atoms with Gasteiger partial charge in [-0.05, 0) is 49.7 Å². The van der Waals surface area contributed by atoms with Gasteiger partial charge in [0.25, 0.3) is 0 Å². The number of rotatable bonds is 7. The molecule has 21 heavy (non-hydrogen) atoms. The van der Waals surface area contributed by atoms with Crippen molar-refractivity contribution >= 4 is 16.0 Å². The van der Waals surface area contributed by atoms with E-state index in [-0.39, 0.29) is 10.5 Å². The maximum absolute atomic E-state index is 12.8. The number of sulfonamides is 1. The average molecular weight is 309 g/mol. The molecule has 0 bridgehead atoms. The van der Waals surface area contributed by atoms with Crippen molar-refractivity contribution in [2.45, 2.75) is 30.6 Å². The first-order chi connectivity index (χ1) is 9.98. The highest BCUT2D eigenvalue weighted by atomic mass is 32.2. The summed E-state index contributed by atoms with van der Waals surface area (Å²) >= 11 is 0. The number of carbonyl (C=O) groups is 1. The summed E-state index contributed by atoms with van der Waals surface area (Å²) in [6, 6.07) is 5.87. The second kappa shape index (κ2) is 5.42. The van der Waals surface area contributed by atoms with E-state index in [1.54, 1.807) is 12.1 Å². The Morgan fingerprint density at radius 2 is 1.62 bits per heavy atom. The van der Waals surface area contributed by atoms with Gasteiger partial charge < -0.3 is 5.11 Å². The molecule has 5 nitrogen and oxygen atoms in total. The molecule has 1 aromatic rings. The normalized spacial score (nSPS) is 18.9. The first-order valence-corrected chi connectivity index (χ1v) is 8.75. The molecule has 2 fully saturated rings. The standard InChI is InChI=1S/C15H19NO4S/c17-15(18)13-3-1-2-4-14(13)21(19,20)16(9-11-5-6-11)10-12-7-8-12/h1-4,11-12H,5-10H2,(H,17,18). The summed E-state index contributed by atoms with van der Waals surface area (Å²) < 4.78 is 27.2. The van der Waals surface area contributed by atoms with E-state index in [2.05, 4.69) is 0 Å². The van der Waals surface area contributed by atoms with E-state index in [1.165, 1.54) is 16.4 Å². The van der Waals surface area contributed by atoms with Crippen LogP contribution in [0.3, 0.4) is 0 Å². The molecule has 0 saturated heterocycles. The lowest BCUT2D eigenvalue weighted by atomic mass is 10.2. The molecule has 0 heterocycles. The maximum atomic E-state index is 12.8. The van der Waals surface area contributed by atoms with Crippen molar-refractivity contribution in [3.8, 4) is 0 Å². The van der Waals surface area contributed by atoms with E-state index in [0.29, 0.717) is 24.9 Å². The Morgan fingerprint density at radius 3 is 2.10 bits per heavy atom. The molecule has 0 amide bonds. The van der Waals surface area contributed by atoms with Gasteiger partial charge in [0.1, 0.15) is 0 Å². The minimum atomic E-state index is -3.73. The molecule has 1 aromatic carbocycles. The van der Waals surface area contributed by atoms with E-state index in [0.717, 1.165) is 25.7 Å². The fourth-order valence-electron chi connectivity index (χ4n) is 2.45. The third-order valence-electron chi connectivity index (χ3n) is 4.05. The molecule has 114 valence electrons. The quantitative estimate of drug-likeness (QED) is 0.838. The van der Waals surface area contributed by atoms with Crippen LogP contribution in [0.1, 0.15) is 36.0 Å². The molecule has 2 saturated carbocycles. The number of hydrogen-bond acceptors (Lipinski definition) is 3. The molecular formula is C15H19NO4S. The largest absolute Gasteiger partial charge is 0.478 e. The van der Waals surface area contributed by atoms with Crippen molar-refractivity contribution in [2.24, 2.45) is 11.8 Å². The zero-order valence-electron chi connectivity index (χ0n) is 11.7. The Labute approximate surface area is 124 Å². The van der Waals surface area contributed by atoms with E-state index < -0.39 is 16.0 Å². The summed E-state index contributed by atoms with van der Waals surface area (Å²) in [5.41, 5.74) is -0.144. The summed E-state index contributed by atoms with van der Waals surface area (Å²) in [6.07, 6.45) is 4.27. The molecule has 0 aliphatic heterocycles. The predicted octanol–water partition coefficient (Wildman–Crippen LogP) is 2.20. The Hall–Kier alpha value is -1.40. The number of nitrogens with zero attached hydrogens (tertiary/aromatic N) is 1. The summed E-state index contributed by atoms with van der Waals surface area (Å²) in [4.78, 5) is 11.2. The third-order valence-corrected chi connectivity index (χ3v) is 5.94. The minimum Gasteiger partial charge on any atom is -0.478 e. The zero-order valence-corrected chi connectivity index (χ0v) is 12.6. The number of carboxylic acid groups (broad SMARTS) is 1. The number of hydrogen-bond donors (Lipinski definition) is 1. The lowest BCUT2D eigenvalue weighted by Crippen LogP contribution is -2.35. The second-order valence-corrected chi connectivity index (χ2v) is 7.92. The SMILES string of the molecule is O=C(O)c1ccccc1S(=O)(=O)N(CC1CC1)CC1CC1. The molecular weight excluding hydrogens is 290 g/mol. The molecule has 0 spiro atoms. The van der Waals surface area contributed by atoms with E-state index in [9.17, 15) is 18.3 Å². The van der Waals surface area contributed by atoms with Crippen molar-refractivity contribution in [1.29, 1.82) is 0 Å². The predicted molar refractivity (Wildman–Crippen MR) is 77.6 cm³/mol. The lowest BCUT2D eigenvalue weighted by Gasteiger charge is -2.22. The van der Waals surface area contributed by atoms with Crippen LogP contribution in [0.4, 0.5) is 0 Å². The molecule has 3 rings (SSSR count). The minimum absolute atomic E-state index is 0.0844. The Kier molecular flexibility index (Phi) is 3.75. The van der Waals surface area contributed by atoms with Crippen LogP contribution in [0.2, 0.25) is 0 Å². The van der Waals surface area contributed by atoms with E-state index in [4.69, 9.17) is 0 Å². The monoisotopic (exact) mass is 309 g/mol. The van der Waals surface area contributed by atoms with Crippen molar-refractivity contribution in [3.05, 3.63) is 29.8 Å². The van der Waals surface area contributed by atoms with Gasteiger partial charge in [0, 0.05) is 13.1 Å².